The lowest BCUT2D eigenvalue weighted by atomic mass is 10.1. The van der Waals surface area contributed by atoms with Crippen LogP contribution in [0.1, 0.15) is 33.3 Å². The quantitative estimate of drug-likeness (QED) is 0.387. The van der Waals surface area contributed by atoms with Gasteiger partial charge in [-0.2, -0.15) is 0 Å². The van der Waals surface area contributed by atoms with E-state index in [1.807, 2.05) is 50.2 Å². The number of methoxy groups -OCH3 is 1. The molecular formula is C25H24N6O3. The molecule has 0 aliphatic heterocycles. The Balaban J connectivity index is 1.49. The Bertz CT molecular complexity index is 1360. The number of H-pyrrole nitrogens is 1. The van der Waals surface area contributed by atoms with E-state index in [0.717, 1.165) is 22.7 Å². The first kappa shape index (κ1) is 22.7. The molecule has 1 amide bonds. The van der Waals surface area contributed by atoms with E-state index < -0.39 is 11.5 Å². The number of carbonyl (C=O) groups is 1. The average molecular weight is 457 g/mol. The molecule has 0 bridgehead atoms. The van der Waals surface area contributed by atoms with Crippen LogP contribution in [0.3, 0.4) is 0 Å². The van der Waals surface area contributed by atoms with E-state index in [-0.39, 0.29) is 5.69 Å². The van der Waals surface area contributed by atoms with E-state index in [1.54, 1.807) is 25.3 Å². The zero-order valence-corrected chi connectivity index (χ0v) is 19.0. The number of amides is 1. The average Bonchev–Trinajstić information content (AvgIpc) is 2.79. The maximum Gasteiger partial charge on any atom is 0.274 e. The lowest BCUT2D eigenvalue weighted by Crippen LogP contribution is -2.20. The van der Waals surface area contributed by atoms with E-state index >= 15 is 0 Å². The van der Waals surface area contributed by atoms with Crippen LogP contribution in [0.2, 0.25) is 0 Å². The second-order valence-corrected chi connectivity index (χ2v) is 7.74. The largest absolute Gasteiger partial charge is 0.497 e. The Hall–Kier alpha value is -4.53. The molecule has 0 fully saturated rings. The summed E-state index contributed by atoms with van der Waals surface area (Å²) in [7, 11) is 1.60. The predicted molar refractivity (Wildman–Crippen MR) is 130 cm³/mol. The predicted octanol–water partition coefficient (Wildman–Crippen LogP) is 3.77. The highest BCUT2D eigenvalue weighted by Crippen LogP contribution is 2.19. The SMILES string of the molecule is COc1ccc(Cc2nc(C(=O)Nc3cccc(Nc4nc(C)cc(C)n4)c3)cc(=O)[nH]2)cc1. The normalized spacial score (nSPS) is 10.6. The van der Waals surface area contributed by atoms with Crippen molar-refractivity contribution in [1.82, 2.24) is 19.9 Å². The Morgan fingerprint density at radius 1 is 0.941 bits per heavy atom. The molecule has 0 aliphatic rings. The Kier molecular flexibility index (Phi) is 6.63. The van der Waals surface area contributed by atoms with Crippen molar-refractivity contribution in [3.05, 3.63) is 99.5 Å². The number of rotatable bonds is 7. The second-order valence-electron chi connectivity index (χ2n) is 7.74. The summed E-state index contributed by atoms with van der Waals surface area (Å²) in [4.78, 5) is 40.7. The van der Waals surface area contributed by atoms with Crippen molar-refractivity contribution in [2.45, 2.75) is 20.3 Å². The fourth-order valence-electron chi connectivity index (χ4n) is 3.43. The monoisotopic (exact) mass is 456 g/mol. The van der Waals surface area contributed by atoms with Gasteiger partial charge in [0.15, 0.2) is 0 Å². The van der Waals surface area contributed by atoms with Crippen LogP contribution in [0.4, 0.5) is 17.3 Å². The van der Waals surface area contributed by atoms with Crippen LogP contribution in [-0.4, -0.2) is 33.0 Å². The summed E-state index contributed by atoms with van der Waals surface area (Å²) in [5, 5.41) is 5.93. The highest BCUT2D eigenvalue weighted by molar-refractivity contribution is 6.03. The molecule has 9 heteroatoms. The van der Waals surface area contributed by atoms with Crippen LogP contribution in [0.25, 0.3) is 0 Å². The topological polar surface area (TPSA) is 122 Å². The van der Waals surface area contributed by atoms with Gasteiger partial charge in [0.05, 0.1) is 7.11 Å². The van der Waals surface area contributed by atoms with Gasteiger partial charge in [0.2, 0.25) is 5.95 Å². The highest BCUT2D eigenvalue weighted by Gasteiger charge is 2.12. The minimum atomic E-state index is -0.484. The van der Waals surface area contributed by atoms with Crippen LogP contribution in [-0.2, 0) is 6.42 Å². The molecule has 4 aromatic rings. The molecular weight excluding hydrogens is 432 g/mol. The van der Waals surface area contributed by atoms with Gasteiger partial charge in [-0.3, -0.25) is 9.59 Å². The van der Waals surface area contributed by atoms with Gasteiger partial charge in [-0.1, -0.05) is 18.2 Å². The van der Waals surface area contributed by atoms with Crippen LogP contribution in [0.15, 0.2) is 65.5 Å². The first-order chi connectivity index (χ1) is 16.4. The molecule has 0 aliphatic carbocycles. The molecule has 0 saturated heterocycles. The number of aromatic amines is 1. The van der Waals surface area contributed by atoms with E-state index in [4.69, 9.17) is 4.74 Å². The van der Waals surface area contributed by atoms with Gasteiger partial charge in [-0.05, 0) is 55.8 Å². The number of nitrogens with one attached hydrogen (secondary N) is 3. The second kappa shape index (κ2) is 9.95. The van der Waals surface area contributed by atoms with E-state index in [0.29, 0.717) is 29.6 Å². The molecule has 0 spiro atoms. The number of anilines is 3. The molecule has 0 radical (unpaired) electrons. The van der Waals surface area contributed by atoms with Crippen LogP contribution in [0, 0.1) is 13.8 Å². The number of carbonyl (C=O) groups excluding carboxylic acids is 1. The number of nitrogens with zero attached hydrogens (tertiary/aromatic N) is 3. The fourth-order valence-corrected chi connectivity index (χ4v) is 3.43. The molecule has 34 heavy (non-hydrogen) atoms. The van der Waals surface area contributed by atoms with Gasteiger partial charge in [0.25, 0.3) is 11.5 Å². The fraction of sp³-hybridized carbons (Fsp3) is 0.160. The summed E-state index contributed by atoms with van der Waals surface area (Å²) in [6, 6.07) is 17.6. The van der Waals surface area contributed by atoms with Crippen molar-refractivity contribution in [3.63, 3.8) is 0 Å². The van der Waals surface area contributed by atoms with Gasteiger partial charge < -0.3 is 20.4 Å². The minimum Gasteiger partial charge on any atom is -0.497 e. The van der Waals surface area contributed by atoms with E-state index in [2.05, 4.69) is 30.6 Å². The van der Waals surface area contributed by atoms with Gasteiger partial charge >= 0.3 is 0 Å². The van der Waals surface area contributed by atoms with Crippen molar-refractivity contribution >= 4 is 23.2 Å². The zero-order chi connectivity index (χ0) is 24.1. The third-order valence-electron chi connectivity index (χ3n) is 4.91. The Labute approximate surface area is 196 Å². The molecule has 2 aromatic heterocycles. The van der Waals surface area contributed by atoms with Crippen molar-refractivity contribution in [1.29, 1.82) is 0 Å². The summed E-state index contributed by atoms with van der Waals surface area (Å²) < 4.78 is 5.16. The molecule has 2 aromatic carbocycles. The summed E-state index contributed by atoms with van der Waals surface area (Å²) >= 11 is 0. The molecule has 4 rings (SSSR count). The standard InChI is InChI=1S/C25H24N6O3/c1-15-11-16(2)27-25(26-15)29-19-6-4-5-18(13-19)28-24(33)21-14-23(32)31-22(30-21)12-17-7-9-20(34-3)10-8-17/h4-11,13-14H,12H2,1-3H3,(H,28,33)(H,26,27,29)(H,30,31,32). The lowest BCUT2D eigenvalue weighted by molar-refractivity contribution is 0.102. The van der Waals surface area contributed by atoms with Gasteiger partial charge in [-0.25, -0.2) is 15.0 Å². The number of aryl methyl sites for hydroxylation is 2. The maximum atomic E-state index is 12.8. The van der Waals surface area contributed by atoms with Crippen molar-refractivity contribution in [2.24, 2.45) is 0 Å². The van der Waals surface area contributed by atoms with Crippen molar-refractivity contribution in [3.8, 4) is 5.75 Å². The highest BCUT2D eigenvalue weighted by atomic mass is 16.5. The number of aromatic nitrogens is 4. The number of hydrogen-bond donors (Lipinski definition) is 3. The first-order valence-electron chi connectivity index (χ1n) is 10.6. The molecule has 9 nitrogen and oxygen atoms in total. The maximum absolute atomic E-state index is 12.8. The van der Waals surface area contributed by atoms with Crippen molar-refractivity contribution in [2.75, 3.05) is 17.7 Å². The van der Waals surface area contributed by atoms with E-state index in [9.17, 15) is 9.59 Å². The van der Waals surface area contributed by atoms with E-state index in [1.165, 1.54) is 6.07 Å². The van der Waals surface area contributed by atoms with Crippen LogP contribution in [0.5, 0.6) is 5.75 Å². The third-order valence-corrected chi connectivity index (χ3v) is 4.91. The number of benzene rings is 2. The summed E-state index contributed by atoms with van der Waals surface area (Å²) in [6.45, 7) is 3.79. The first-order valence-corrected chi connectivity index (χ1v) is 10.6. The number of hydrogen-bond acceptors (Lipinski definition) is 7. The minimum absolute atomic E-state index is 0.0308. The van der Waals surface area contributed by atoms with Gasteiger partial charge in [0.1, 0.15) is 17.3 Å². The summed E-state index contributed by atoms with van der Waals surface area (Å²) in [5.41, 5.74) is 3.51. The van der Waals surface area contributed by atoms with Crippen molar-refractivity contribution < 1.29 is 9.53 Å². The van der Waals surface area contributed by atoms with Crippen LogP contribution >= 0.6 is 0 Å². The molecule has 3 N–H and O–H groups in total. The zero-order valence-electron chi connectivity index (χ0n) is 19.0. The third kappa shape index (κ3) is 5.83. The molecule has 2 heterocycles. The summed E-state index contributed by atoms with van der Waals surface area (Å²) in [6.07, 6.45) is 0.371. The molecule has 0 saturated carbocycles. The van der Waals surface area contributed by atoms with Gasteiger partial charge in [0, 0.05) is 35.2 Å². The Morgan fingerprint density at radius 3 is 2.35 bits per heavy atom. The smallest absolute Gasteiger partial charge is 0.274 e. The van der Waals surface area contributed by atoms with Crippen LogP contribution < -0.4 is 20.9 Å². The summed E-state index contributed by atoms with van der Waals surface area (Å²) in [5.74, 6) is 1.12. The Morgan fingerprint density at radius 2 is 1.65 bits per heavy atom. The molecule has 0 atom stereocenters. The molecule has 0 unspecified atom stereocenters. The lowest BCUT2D eigenvalue weighted by Gasteiger charge is -2.10. The molecule has 172 valence electrons. The van der Waals surface area contributed by atoms with Gasteiger partial charge in [-0.15, -0.1) is 0 Å². The number of ether oxygens (including phenoxy) is 1.